The van der Waals surface area contributed by atoms with Gasteiger partial charge in [-0.3, -0.25) is 0 Å². The first-order valence-electron chi connectivity index (χ1n) is 7.58. The van der Waals surface area contributed by atoms with Crippen molar-refractivity contribution in [3.8, 4) is 5.75 Å². The molecule has 0 saturated heterocycles. The molecule has 0 amide bonds. The monoisotopic (exact) mass is 261 g/mol. The van der Waals surface area contributed by atoms with Gasteiger partial charge >= 0.3 is 0 Å². The van der Waals surface area contributed by atoms with E-state index in [-0.39, 0.29) is 0 Å². The number of ether oxygens (including phenoxy) is 1. The van der Waals surface area contributed by atoms with Gasteiger partial charge in [-0.05, 0) is 30.4 Å². The lowest BCUT2D eigenvalue weighted by Crippen LogP contribution is -2.31. The quantitative estimate of drug-likeness (QED) is 0.836. The summed E-state index contributed by atoms with van der Waals surface area (Å²) in [5, 5.41) is 3.62. The van der Waals surface area contributed by atoms with Crippen molar-refractivity contribution in [3.05, 3.63) is 29.8 Å². The molecule has 106 valence electrons. The van der Waals surface area contributed by atoms with Gasteiger partial charge in [0.2, 0.25) is 0 Å². The fourth-order valence-corrected chi connectivity index (χ4v) is 3.23. The van der Waals surface area contributed by atoms with Crippen LogP contribution in [0.1, 0.15) is 51.0 Å². The SMILES string of the molecule is COc1ccccc1C(CNC(C)C)C1CCCC1. The number of para-hydroxylation sites is 1. The molecule has 1 atom stereocenters. The maximum Gasteiger partial charge on any atom is 0.122 e. The van der Waals surface area contributed by atoms with Crippen LogP contribution >= 0.6 is 0 Å². The van der Waals surface area contributed by atoms with Crippen molar-refractivity contribution in [1.29, 1.82) is 0 Å². The second-order valence-corrected chi connectivity index (χ2v) is 5.96. The number of methoxy groups -OCH3 is 1. The molecule has 0 aromatic heterocycles. The Kier molecular flexibility index (Phi) is 5.26. The van der Waals surface area contributed by atoms with E-state index in [1.54, 1.807) is 7.11 Å². The van der Waals surface area contributed by atoms with E-state index in [9.17, 15) is 0 Å². The maximum atomic E-state index is 5.56. The van der Waals surface area contributed by atoms with Crippen molar-refractivity contribution in [1.82, 2.24) is 5.32 Å². The van der Waals surface area contributed by atoms with Crippen LogP contribution in [0.25, 0.3) is 0 Å². The molecule has 2 heteroatoms. The van der Waals surface area contributed by atoms with Crippen molar-refractivity contribution >= 4 is 0 Å². The third-order valence-corrected chi connectivity index (χ3v) is 4.25. The number of benzene rings is 1. The standard InChI is InChI=1S/C17H27NO/c1-13(2)18-12-16(14-8-4-5-9-14)15-10-6-7-11-17(15)19-3/h6-7,10-11,13-14,16,18H,4-5,8-9,12H2,1-3H3. The third-order valence-electron chi connectivity index (χ3n) is 4.25. The predicted molar refractivity (Wildman–Crippen MR) is 80.8 cm³/mol. The predicted octanol–water partition coefficient (Wildman–Crippen LogP) is 3.97. The Morgan fingerprint density at radius 1 is 1.21 bits per heavy atom. The summed E-state index contributed by atoms with van der Waals surface area (Å²) in [7, 11) is 1.78. The fourth-order valence-electron chi connectivity index (χ4n) is 3.23. The number of hydrogen-bond acceptors (Lipinski definition) is 2. The molecule has 1 fully saturated rings. The van der Waals surface area contributed by atoms with Crippen LogP contribution in [0.5, 0.6) is 5.75 Å². The average Bonchev–Trinajstić information content (AvgIpc) is 2.93. The Morgan fingerprint density at radius 2 is 1.89 bits per heavy atom. The van der Waals surface area contributed by atoms with Crippen LogP contribution < -0.4 is 10.1 Å². The Hall–Kier alpha value is -1.02. The third kappa shape index (κ3) is 3.73. The molecule has 0 bridgehead atoms. The van der Waals surface area contributed by atoms with Crippen molar-refractivity contribution in [2.45, 2.75) is 51.5 Å². The van der Waals surface area contributed by atoms with Gasteiger partial charge < -0.3 is 10.1 Å². The summed E-state index contributed by atoms with van der Waals surface area (Å²) in [6.07, 6.45) is 5.50. The average molecular weight is 261 g/mol. The van der Waals surface area contributed by atoms with Gasteiger partial charge in [-0.25, -0.2) is 0 Å². The number of nitrogens with one attached hydrogen (secondary N) is 1. The maximum absolute atomic E-state index is 5.56. The van der Waals surface area contributed by atoms with E-state index in [4.69, 9.17) is 4.74 Å². The Bertz CT molecular complexity index is 383. The molecule has 0 heterocycles. The smallest absolute Gasteiger partial charge is 0.122 e. The van der Waals surface area contributed by atoms with E-state index in [0.29, 0.717) is 12.0 Å². The van der Waals surface area contributed by atoms with E-state index in [1.165, 1.54) is 31.2 Å². The van der Waals surface area contributed by atoms with E-state index < -0.39 is 0 Å². The molecule has 1 saturated carbocycles. The van der Waals surface area contributed by atoms with Crippen molar-refractivity contribution in [3.63, 3.8) is 0 Å². The molecule has 1 aromatic rings. The van der Waals surface area contributed by atoms with Gasteiger partial charge in [-0.2, -0.15) is 0 Å². The zero-order chi connectivity index (χ0) is 13.7. The minimum absolute atomic E-state index is 0.540. The van der Waals surface area contributed by atoms with Gasteiger partial charge in [0.15, 0.2) is 0 Å². The van der Waals surface area contributed by atoms with E-state index in [2.05, 4.69) is 43.4 Å². The summed E-state index contributed by atoms with van der Waals surface area (Å²) in [4.78, 5) is 0. The lowest BCUT2D eigenvalue weighted by atomic mass is 9.84. The summed E-state index contributed by atoms with van der Waals surface area (Å²) < 4.78 is 5.56. The van der Waals surface area contributed by atoms with Crippen LogP contribution in [0.15, 0.2) is 24.3 Å². The molecule has 0 aliphatic heterocycles. The van der Waals surface area contributed by atoms with E-state index in [1.807, 2.05) is 0 Å². The highest BCUT2D eigenvalue weighted by molar-refractivity contribution is 5.37. The Morgan fingerprint density at radius 3 is 2.53 bits per heavy atom. The molecule has 1 aliphatic rings. The first kappa shape index (κ1) is 14.4. The molecule has 0 spiro atoms. The number of rotatable bonds is 6. The Balaban J connectivity index is 2.19. The van der Waals surface area contributed by atoms with Gasteiger partial charge in [-0.15, -0.1) is 0 Å². The highest BCUT2D eigenvalue weighted by Gasteiger charge is 2.28. The van der Waals surface area contributed by atoms with Gasteiger partial charge in [0, 0.05) is 18.5 Å². The molecular formula is C17H27NO. The van der Waals surface area contributed by atoms with Crippen LogP contribution in [-0.2, 0) is 0 Å². The van der Waals surface area contributed by atoms with E-state index in [0.717, 1.165) is 18.2 Å². The fraction of sp³-hybridized carbons (Fsp3) is 0.647. The molecule has 1 unspecified atom stereocenters. The second-order valence-electron chi connectivity index (χ2n) is 5.96. The molecule has 1 aliphatic carbocycles. The van der Waals surface area contributed by atoms with Crippen LogP contribution in [0.2, 0.25) is 0 Å². The minimum Gasteiger partial charge on any atom is -0.496 e. The molecule has 0 radical (unpaired) electrons. The van der Waals surface area contributed by atoms with Crippen molar-refractivity contribution in [2.24, 2.45) is 5.92 Å². The summed E-state index contributed by atoms with van der Waals surface area (Å²) in [6.45, 7) is 5.49. The second kappa shape index (κ2) is 6.95. The first-order chi connectivity index (χ1) is 9.22. The van der Waals surface area contributed by atoms with E-state index >= 15 is 0 Å². The van der Waals surface area contributed by atoms with Crippen molar-refractivity contribution in [2.75, 3.05) is 13.7 Å². The molecule has 2 nitrogen and oxygen atoms in total. The topological polar surface area (TPSA) is 21.3 Å². The lowest BCUT2D eigenvalue weighted by molar-refractivity contribution is 0.367. The molecule has 1 aromatic carbocycles. The van der Waals surface area contributed by atoms with Gasteiger partial charge in [0.1, 0.15) is 5.75 Å². The minimum atomic E-state index is 0.540. The molecule has 2 rings (SSSR count). The largest absolute Gasteiger partial charge is 0.496 e. The highest BCUT2D eigenvalue weighted by atomic mass is 16.5. The van der Waals surface area contributed by atoms with Crippen LogP contribution in [0.3, 0.4) is 0 Å². The summed E-state index contributed by atoms with van der Waals surface area (Å²) in [5.74, 6) is 2.44. The van der Waals surface area contributed by atoms with Crippen LogP contribution in [0.4, 0.5) is 0 Å². The summed E-state index contributed by atoms with van der Waals surface area (Å²) in [6, 6.07) is 9.06. The first-order valence-corrected chi connectivity index (χ1v) is 7.58. The van der Waals surface area contributed by atoms with Gasteiger partial charge in [0.05, 0.1) is 7.11 Å². The lowest BCUT2D eigenvalue weighted by Gasteiger charge is -2.27. The number of hydrogen-bond donors (Lipinski definition) is 1. The zero-order valence-electron chi connectivity index (χ0n) is 12.5. The normalized spacial score (nSPS) is 17.9. The summed E-state index contributed by atoms with van der Waals surface area (Å²) >= 11 is 0. The zero-order valence-corrected chi connectivity index (χ0v) is 12.5. The van der Waals surface area contributed by atoms with Gasteiger partial charge in [-0.1, -0.05) is 44.9 Å². The van der Waals surface area contributed by atoms with Gasteiger partial charge in [0.25, 0.3) is 0 Å². The molecule has 1 N–H and O–H groups in total. The summed E-state index contributed by atoms with van der Waals surface area (Å²) in [5.41, 5.74) is 1.38. The highest BCUT2D eigenvalue weighted by Crippen LogP contribution is 2.40. The Labute approximate surface area is 117 Å². The van der Waals surface area contributed by atoms with Crippen LogP contribution in [0, 0.1) is 5.92 Å². The van der Waals surface area contributed by atoms with Crippen molar-refractivity contribution < 1.29 is 4.74 Å². The van der Waals surface area contributed by atoms with Crippen LogP contribution in [-0.4, -0.2) is 19.7 Å². The molecule has 19 heavy (non-hydrogen) atoms. The molecular weight excluding hydrogens is 234 g/mol.